The Morgan fingerprint density at radius 2 is 1.17 bits per heavy atom. The molecule has 0 spiro atoms. The number of hydrogen-bond donors (Lipinski definition) is 4. The zero-order valence-electron chi connectivity index (χ0n) is 13.6. The third-order valence-electron chi connectivity index (χ3n) is 2.74. The lowest BCUT2D eigenvalue weighted by Crippen LogP contribution is -2.04. The molecule has 8 nitrogen and oxygen atoms in total. The molecule has 0 aliphatic rings. The van der Waals surface area contributed by atoms with E-state index in [0.717, 1.165) is 25.3 Å². The van der Waals surface area contributed by atoms with Crippen molar-refractivity contribution in [2.24, 2.45) is 0 Å². The maximum Gasteiger partial charge on any atom is 0.331 e. The number of aliphatic carboxylic acids is 4. The van der Waals surface area contributed by atoms with Gasteiger partial charge in [0.2, 0.25) is 0 Å². The van der Waals surface area contributed by atoms with Crippen molar-refractivity contribution in [3.8, 4) is 0 Å². The Morgan fingerprint density at radius 1 is 0.708 bits per heavy atom. The Morgan fingerprint density at radius 3 is 1.54 bits per heavy atom. The second kappa shape index (κ2) is 15.3. The quantitative estimate of drug-likeness (QED) is 0.330. The Hall–Kier alpha value is -2.64. The van der Waals surface area contributed by atoms with Crippen LogP contribution in [0.5, 0.6) is 0 Å². The van der Waals surface area contributed by atoms with E-state index in [4.69, 9.17) is 20.4 Å². The van der Waals surface area contributed by atoms with Crippen molar-refractivity contribution in [2.45, 2.75) is 51.9 Å². The molecule has 0 aliphatic heterocycles. The molecule has 0 aromatic heterocycles. The first-order chi connectivity index (χ1) is 11.2. The van der Waals surface area contributed by atoms with Crippen LogP contribution in [0.3, 0.4) is 0 Å². The van der Waals surface area contributed by atoms with Gasteiger partial charge in [-0.05, 0) is 12.8 Å². The zero-order valence-corrected chi connectivity index (χ0v) is 13.6. The minimum atomic E-state index is -1.26. The molecular weight excluding hydrogens is 320 g/mol. The summed E-state index contributed by atoms with van der Waals surface area (Å²) in [5.41, 5.74) is -0.0111. The lowest BCUT2D eigenvalue weighted by Gasteiger charge is -2.01. The van der Waals surface area contributed by atoms with Gasteiger partial charge in [-0.3, -0.25) is 0 Å². The molecular formula is C16H24O8. The largest absolute Gasteiger partial charge is 0.478 e. The summed E-state index contributed by atoms with van der Waals surface area (Å²) >= 11 is 0. The van der Waals surface area contributed by atoms with Gasteiger partial charge in [0, 0.05) is 23.8 Å². The molecule has 0 bridgehead atoms. The van der Waals surface area contributed by atoms with E-state index in [9.17, 15) is 19.2 Å². The summed E-state index contributed by atoms with van der Waals surface area (Å²) in [7, 11) is 0. The zero-order chi connectivity index (χ0) is 19.0. The number of hydrogen-bond acceptors (Lipinski definition) is 4. The van der Waals surface area contributed by atoms with Crippen LogP contribution in [-0.2, 0) is 19.2 Å². The molecule has 0 saturated heterocycles. The predicted octanol–water partition coefficient (Wildman–Crippen LogP) is 2.54. The van der Waals surface area contributed by atoms with Crippen LogP contribution >= 0.6 is 0 Å². The molecule has 0 unspecified atom stereocenters. The fourth-order valence-electron chi connectivity index (χ4n) is 1.63. The highest BCUT2D eigenvalue weighted by Gasteiger charge is 2.08. The molecule has 0 aromatic rings. The molecule has 136 valence electrons. The van der Waals surface area contributed by atoms with Crippen molar-refractivity contribution in [3.05, 3.63) is 23.8 Å². The number of carbonyl (C=O) groups is 4. The van der Waals surface area contributed by atoms with E-state index in [-0.39, 0.29) is 5.57 Å². The number of unbranched alkanes of at least 4 members (excludes halogenated alkanes) is 5. The summed E-state index contributed by atoms with van der Waals surface area (Å²) < 4.78 is 0. The molecule has 0 heterocycles. The van der Waals surface area contributed by atoms with Gasteiger partial charge in [-0.15, -0.1) is 0 Å². The Kier molecular flexibility index (Phi) is 15.0. The van der Waals surface area contributed by atoms with Gasteiger partial charge in [0.15, 0.2) is 0 Å². The van der Waals surface area contributed by atoms with Crippen LogP contribution in [0.2, 0.25) is 0 Å². The fraction of sp³-hybridized carbons (Fsp3) is 0.500. The first kappa shape index (κ1) is 23.6. The highest BCUT2D eigenvalue weighted by molar-refractivity contribution is 5.94. The monoisotopic (exact) mass is 344 g/mol. The predicted molar refractivity (Wildman–Crippen MR) is 85.8 cm³/mol. The molecule has 0 saturated carbocycles. The van der Waals surface area contributed by atoms with Gasteiger partial charge in [-0.25, -0.2) is 19.2 Å². The molecule has 4 N–H and O–H groups in total. The van der Waals surface area contributed by atoms with Crippen LogP contribution in [0.25, 0.3) is 0 Å². The van der Waals surface area contributed by atoms with E-state index in [0.29, 0.717) is 18.6 Å². The maximum absolute atomic E-state index is 10.7. The first-order valence-corrected chi connectivity index (χ1v) is 7.51. The van der Waals surface area contributed by atoms with E-state index < -0.39 is 23.9 Å². The number of rotatable bonds is 11. The van der Waals surface area contributed by atoms with Crippen molar-refractivity contribution < 1.29 is 39.6 Å². The second-order valence-corrected chi connectivity index (χ2v) is 4.84. The average Bonchev–Trinajstić information content (AvgIpc) is 2.47. The molecule has 24 heavy (non-hydrogen) atoms. The van der Waals surface area contributed by atoms with E-state index in [1.54, 1.807) is 0 Å². The fourth-order valence-corrected chi connectivity index (χ4v) is 1.63. The van der Waals surface area contributed by atoms with Gasteiger partial charge in [0.25, 0.3) is 0 Å². The second-order valence-electron chi connectivity index (χ2n) is 4.84. The normalized spacial score (nSPS) is 10.8. The summed E-state index contributed by atoms with van der Waals surface area (Å²) in [5, 5.41) is 32.8. The third kappa shape index (κ3) is 19.4. The standard InChI is InChI=1S/C12H20O4.C4H4O4/c1-2-3-4-5-6-7-8-10(12(15)16)9-11(13)14;5-3(6)1-2-4(7)8/h9H,2-8H2,1H3,(H,13,14)(H,15,16);1-2H,(H,5,6)(H,7,8)/b10-9-;. The lowest BCUT2D eigenvalue weighted by atomic mass is 10.0. The molecule has 0 rings (SSSR count). The van der Waals surface area contributed by atoms with E-state index in [2.05, 4.69) is 6.92 Å². The van der Waals surface area contributed by atoms with Crippen LogP contribution in [-0.4, -0.2) is 44.3 Å². The molecule has 0 aromatic carbocycles. The van der Waals surface area contributed by atoms with Gasteiger partial charge >= 0.3 is 23.9 Å². The topological polar surface area (TPSA) is 149 Å². The van der Waals surface area contributed by atoms with Crippen LogP contribution in [0, 0.1) is 0 Å². The minimum absolute atomic E-state index is 0.0111. The number of carboxylic acid groups (broad SMARTS) is 4. The molecule has 0 fully saturated rings. The third-order valence-corrected chi connectivity index (χ3v) is 2.74. The smallest absolute Gasteiger partial charge is 0.331 e. The molecule has 0 aliphatic carbocycles. The lowest BCUT2D eigenvalue weighted by molar-refractivity contribution is -0.135. The first-order valence-electron chi connectivity index (χ1n) is 7.51. The summed E-state index contributed by atoms with van der Waals surface area (Å²) in [6, 6.07) is 0. The average molecular weight is 344 g/mol. The summed E-state index contributed by atoms with van der Waals surface area (Å²) in [6.07, 6.45) is 8.59. The SMILES string of the molecule is CCCCCCCC/C(=C/C(=O)O)C(=O)O.O=C(O)C=CC(=O)O. The Balaban J connectivity index is 0. The van der Waals surface area contributed by atoms with Gasteiger partial charge in [0.05, 0.1) is 0 Å². The summed E-state index contributed by atoms with van der Waals surface area (Å²) in [5.74, 6) is -4.83. The maximum atomic E-state index is 10.7. The molecule has 8 heteroatoms. The van der Waals surface area contributed by atoms with Gasteiger partial charge in [-0.2, -0.15) is 0 Å². The van der Waals surface area contributed by atoms with Crippen LogP contribution in [0.1, 0.15) is 51.9 Å². The van der Waals surface area contributed by atoms with Crippen molar-refractivity contribution in [3.63, 3.8) is 0 Å². The highest BCUT2D eigenvalue weighted by Crippen LogP contribution is 2.12. The Bertz CT molecular complexity index is 460. The van der Waals surface area contributed by atoms with Gasteiger partial charge < -0.3 is 20.4 Å². The van der Waals surface area contributed by atoms with Crippen molar-refractivity contribution in [2.75, 3.05) is 0 Å². The van der Waals surface area contributed by atoms with Crippen molar-refractivity contribution in [1.29, 1.82) is 0 Å². The molecule has 0 atom stereocenters. The van der Waals surface area contributed by atoms with E-state index >= 15 is 0 Å². The Labute approximate surface area is 140 Å². The van der Waals surface area contributed by atoms with Crippen molar-refractivity contribution >= 4 is 23.9 Å². The highest BCUT2D eigenvalue weighted by atomic mass is 16.4. The van der Waals surface area contributed by atoms with Crippen LogP contribution < -0.4 is 0 Å². The molecule has 0 amide bonds. The van der Waals surface area contributed by atoms with Gasteiger partial charge in [0.1, 0.15) is 0 Å². The molecule has 0 radical (unpaired) electrons. The number of carboxylic acids is 4. The van der Waals surface area contributed by atoms with Crippen LogP contribution in [0.4, 0.5) is 0 Å². The minimum Gasteiger partial charge on any atom is -0.478 e. The van der Waals surface area contributed by atoms with Gasteiger partial charge in [-0.1, -0.05) is 39.0 Å². The van der Waals surface area contributed by atoms with Crippen molar-refractivity contribution in [1.82, 2.24) is 0 Å². The van der Waals surface area contributed by atoms with E-state index in [1.807, 2.05) is 0 Å². The summed E-state index contributed by atoms with van der Waals surface area (Å²) in [4.78, 5) is 40.1. The van der Waals surface area contributed by atoms with E-state index in [1.165, 1.54) is 19.3 Å². The summed E-state index contributed by atoms with van der Waals surface area (Å²) in [6.45, 7) is 2.14. The van der Waals surface area contributed by atoms with Crippen LogP contribution in [0.15, 0.2) is 23.8 Å².